The van der Waals surface area contributed by atoms with Crippen molar-refractivity contribution in [3.05, 3.63) is 29.8 Å². The number of carbonyl (C=O) groups is 1. The number of aromatic hydroxyl groups is 1. The molecule has 0 spiro atoms. The van der Waals surface area contributed by atoms with Crippen molar-refractivity contribution in [3.8, 4) is 5.75 Å². The van der Waals surface area contributed by atoms with E-state index in [4.69, 9.17) is 0 Å². The maximum Gasteiger partial charge on any atom is 0.222 e. The molecule has 1 atom stereocenters. The summed E-state index contributed by atoms with van der Waals surface area (Å²) in [6, 6.07) is 7.33. The molecule has 1 unspecified atom stereocenters. The van der Waals surface area contributed by atoms with Crippen LogP contribution in [-0.4, -0.2) is 47.5 Å². The Labute approximate surface area is 160 Å². The summed E-state index contributed by atoms with van der Waals surface area (Å²) in [5.74, 6) is 1.20. The zero-order chi connectivity index (χ0) is 16.7. The summed E-state index contributed by atoms with van der Waals surface area (Å²) in [6.07, 6.45) is 1.49. The predicted octanol–water partition coefficient (Wildman–Crippen LogP) is 2.08. The third-order valence-corrected chi connectivity index (χ3v) is 3.86. The number of nitrogens with zero attached hydrogens (tertiary/aromatic N) is 2. The van der Waals surface area contributed by atoms with Crippen LogP contribution < -0.4 is 10.6 Å². The topological polar surface area (TPSA) is 77.0 Å². The number of hydrogen-bond acceptors (Lipinski definition) is 3. The molecule has 1 amide bonds. The van der Waals surface area contributed by atoms with Crippen LogP contribution in [0.4, 0.5) is 0 Å². The number of guanidine groups is 1. The minimum absolute atomic E-state index is 0. The number of benzene rings is 1. The van der Waals surface area contributed by atoms with Crippen molar-refractivity contribution in [2.75, 3.05) is 19.6 Å². The Kier molecular flexibility index (Phi) is 8.88. The van der Waals surface area contributed by atoms with Crippen LogP contribution in [0, 0.1) is 0 Å². The Morgan fingerprint density at radius 3 is 2.88 bits per heavy atom. The van der Waals surface area contributed by atoms with Gasteiger partial charge in [0, 0.05) is 32.1 Å². The molecule has 0 aromatic heterocycles. The minimum atomic E-state index is 0. The summed E-state index contributed by atoms with van der Waals surface area (Å²) in [4.78, 5) is 18.2. The summed E-state index contributed by atoms with van der Waals surface area (Å²) in [5.41, 5.74) is 0.955. The normalized spacial score (nSPS) is 17.3. The second-order valence-corrected chi connectivity index (χ2v) is 5.69. The first-order valence-corrected chi connectivity index (χ1v) is 8.23. The van der Waals surface area contributed by atoms with Crippen LogP contribution in [0.1, 0.15) is 32.3 Å². The molecule has 0 bridgehead atoms. The largest absolute Gasteiger partial charge is 0.508 e. The highest BCUT2D eigenvalue weighted by molar-refractivity contribution is 14.0. The lowest BCUT2D eigenvalue weighted by atomic mass is 10.2. The fourth-order valence-corrected chi connectivity index (χ4v) is 2.67. The molecule has 0 radical (unpaired) electrons. The highest BCUT2D eigenvalue weighted by Gasteiger charge is 2.25. The van der Waals surface area contributed by atoms with E-state index < -0.39 is 0 Å². The molecule has 1 fully saturated rings. The molecule has 1 aromatic rings. The molecule has 24 heavy (non-hydrogen) atoms. The maximum absolute atomic E-state index is 11.7. The van der Waals surface area contributed by atoms with Gasteiger partial charge in [-0.05, 0) is 31.0 Å². The van der Waals surface area contributed by atoms with Crippen molar-refractivity contribution in [1.82, 2.24) is 15.5 Å². The number of rotatable bonds is 5. The lowest BCUT2D eigenvalue weighted by Gasteiger charge is -2.18. The summed E-state index contributed by atoms with van der Waals surface area (Å²) >= 11 is 0. The van der Waals surface area contributed by atoms with Gasteiger partial charge in [0.1, 0.15) is 5.75 Å². The molecule has 134 valence electrons. The van der Waals surface area contributed by atoms with Crippen LogP contribution in [0.2, 0.25) is 0 Å². The minimum Gasteiger partial charge on any atom is -0.508 e. The fourth-order valence-electron chi connectivity index (χ4n) is 2.67. The Hall–Kier alpha value is -1.51. The molecule has 6 nitrogen and oxygen atoms in total. The van der Waals surface area contributed by atoms with E-state index in [0.29, 0.717) is 13.0 Å². The lowest BCUT2D eigenvalue weighted by Crippen LogP contribution is -2.45. The monoisotopic (exact) mass is 446 g/mol. The molecule has 1 aliphatic rings. The van der Waals surface area contributed by atoms with Crippen molar-refractivity contribution >= 4 is 35.8 Å². The van der Waals surface area contributed by atoms with Crippen LogP contribution in [0.5, 0.6) is 5.75 Å². The Balaban J connectivity index is 0.00000288. The van der Waals surface area contributed by atoms with Gasteiger partial charge >= 0.3 is 0 Å². The molecule has 2 rings (SSSR count). The second kappa shape index (κ2) is 10.4. The van der Waals surface area contributed by atoms with Crippen LogP contribution in [0.15, 0.2) is 29.3 Å². The number of aliphatic imine (C=N–C) groups is 1. The van der Waals surface area contributed by atoms with Gasteiger partial charge in [-0.3, -0.25) is 4.79 Å². The van der Waals surface area contributed by atoms with Crippen molar-refractivity contribution in [1.29, 1.82) is 0 Å². The Bertz CT molecular complexity index is 565. The van der Waals surface area contributed by atoms with E-state index >= 15 is 0 Å². The zero-order valence-electron chi connectivity index (χ0n) is 14.3. The highest BCUT2D eigenvalue weighted by atomic mass is 127. The van der Waals surface area contributed by atoms with E-state index in [-0.39, 0.29) is 41.7 Å². The molecular formula is C17H27IN4O2. The van der Waals surface area contributed by atoms with Gasteiger partial charge < -0.3 is 20.6 Å². The summed E-state index contributed by atoms with van der Waals surface area (Å²) in [6.45, 7) is 6.71. The average Bonchev–Trinajstić information content (AvgIpc) is 3.01. The smallest absolute Gasteiger partial charge is 0.222 e. The number of hydrogen-bond donors (Lipinski definition) is 3. The predicted molar refractivity (Wildman–Crippen MR) is 107 cm³/mol. The standard InChI is InChI=1S/C17H26N4O2.HI/c1-3-16(23)21-9-8-14(12-21)20-17(18-4-2)19-11-13-6-5-7-15(22)10-13;/h5-7,10,14,22H,3-4,8-9,11-12H2,1-2H3,(H2,18,19,20);1H. The molecule has 3 N–H and O–H groups in total. The first-order chi connectivity index (χ1) is 11.1. The number of halogens is 1. The first kappa shape index (κ1) is 20.5. The zero-order valence-corrected chi connectivity index (χ0v) is 16.6. The summed E-state index contributed by atoms with van der Waals surface area (Å²) in [7, 11) is 0. The van der Waals surface area contributed by atoms with Crippen LogP contribution >= 0.6 is 24.0 Å². The van der Waals surface area contributed by atoms with Crippen LogP contribution in [0.3, 0.4) is 0 Å². The van der Waals surface area contributed by atoms with Crippen molar-refractivity contribution in [2.24, 2.45) is 4.99 Å². The number of phenols is 1. The Morgan fingerprint density at radius 2 is 2.21 bits per heavy atom. The number of nitrogens with one attached hydrogen (secondary N) is 2. The first-order valence-electron chi connectivity index (χ1n) is 8.23. The van der Waals surface area contributed by atoms with Crippen molar-refractivity contribution in [3.63, 3.8) is 0 Å². The molecule has 1 aliphatic heterocycles. The molecule has 0 saturated carbocycles. The third kappa shape index (κ3) is 6.18. The molecule has 0 aliphatic carbocycles. The second-order valence-electron chi connectivity index (χ2n) is 5.69. The number of carbonyl (C=O) groups excluding carboxylic acids is 1. The SMILES string of the molecule is CCNC(=NCc1cccc(O)c1)NC1CCN(C(=O)CC)C1.I. The van der Waals surface area contributed by atoms with Gasteiger partial charge in [-0.2, -0.15) is 0 Å². The summed E-state index contributed by atoms with van der Waals surface area (Å²) < 4.78 is 0. The summed E-state index contributed by atoms with van der Waals surface area (Å²) in [5, 5.41) is 16.1. The van der Waals surface area contributed by atoms with Gasteiger partial charge in [-0.1, -0.05) is 19.1 Å². The molecule has 1 heterocycles. The van der Waals surface area contributed by atoms with Crippen LogP contribution in [-0.2, 0) is 11.3 Å². The van der Waals surface area contributed by atoms with E-state index in [1.807, 2.05) is 30.9 Å². The van der Waals surface area contributed by atoms with Gasteiger partial charge in [0.2, 0.25) is 5.91 Å². The molecule has 1 aromatic carbocycles. The highest BCUT2D eigenvalue weighted by Crippen LogP contribution is 2.12. The number of likely N-dealkylation sites (tertiary alicyclic amines) is 1. The number of amides is 1. The van der Waals surface area contributed by atoms with E-state index in [9.17, 15) is 9.90 Å². The quantitative estimate of drug-likeness (QED) is 0.368. The average molecular weight is 446 g/mol. The van der Waals surface area contributed by atoms with Gasteiger partial charge in [-0.15, -0.1) is 24.0 Å². The van der Waals surface area contributed by atoms with E-state index in [1.54, 1.807) is 12.1 Å². The molecule has 7 heteroatoms. The molecule has 1 saturated heterocycles. The third-order valence-electron chi connectivity index (χ3n) is 3.86. The fraction of sp³-hybridized carbons (Fsp3) is 0.529. The van der Waals surface area contributed by atoms with Gasteiger partial charge in [-0.25, -0.2) is 4.99 Å². The Morgan fingerprint density at radius 1 is 1.42 bits per heavy atom. The van der Waals surface area contributed by atoms with Crippen LogP contribution in [0.25, 0.3) is 0 Å². The van der Waals surface area contributed by atoms with E-state index in [0.717, 1.165) is 37.6 Å². The number of phenolic OH excluding ortho intramolecular Hbond substituents is 1. The van der Waals surface area contributed by atoms with Gasteiger partial charge in [0.05, 0.1) is 6.54 Å². The van der Waals surface area contributed by atoms with Gasteiger partial charge in [0.15, 0.2) is 5.96 Å². The van der Waals surface area contributed by atoms with Crippen molar-refractivity contribution < 1.29 is 9.90 Å². The lowest BCUT2D eigenvalue weighted by molar-refractivity contribution is -0.129. The maximum atomic E-state index is 11.7. The van der Waals surface area contributed by atoms with Gasteiger partial charge in [0.25, 0.3) is 0 Å². The van der Waals surface area contributed by atoms with E-state index in [1.165, 1.54) is 0 Å². The van der Waals surface area contributed by atoms with Crippen molar-refractivity contribution in [2.45, 2.75) is 39.3 Å². The van der Waals surface area contributed by atoms with E-state index in [2.05, 4.69) is 15.6 Å². The molecular weight excluding hydrogens is 419 g/mol.